The third-order valence-corrected chi connectivity index (χ3v) is 10.5. The van der Waals surface area contributed by atoms with Crippen LogP contribution in [-0.2, 0) is 18.0 Å². The molecule has 0 aliphatic carbocycles. The van der Waals surface area contributed by atoms with Crippen LogP contribution in [0.3, 0.4) is 0 Å². The first kappa shape index (κ1) is 52.0. The monoisotopic (exact) mass is 939 g/mol. The summed E-state index contributed by atoms with van der Waals surface area (Å²) in [5.41, 5.74) is -1.82. The Morgan fingerprint density at radius 1 is 0.588 bits per heavy atom. The molecule has 7 N–H and O–H groups in total. The van der Waals surface area contributed by atoms with Crippen molar-refractivity contribution in [2.75, 3.05) is 52.4 Å². The van der Waals surface area contributed by atoms with E-state index < -0.39 is 52.5 Å². The fourth-order valence-electron chi connectivity index (χ4n) is 6.99. The van der Waals surface area contributed by atoms with Gasteiger partial charge in [0, 0.05) is 32.2 Å². The summed E-state index contributed by atoms with van der Waals surface area (Å²) in [6.07, 6.45) is 3.68. The average molecular weight is 940 g/mol. The van der Waals surface area contributed by atoms with Crippen LogP contribution in [0.2, 0.25) is 0 Å². The van der Waals surface area contributed by atoms with Gasteiger partial charge < -0.3 is 51.6 Å². The molecule has 2 aromatic carbocycles. The van der Waals surface area contributed by atoms with Gasteiger partial charge >= 0.3 is 6.09 Å². The van der Waals surface area contributed by atoms with Crippen molar-refractivity contribution in [1.29, 1.82) is 0 Å². The van der Waals surface area contributed by atoms with Gasteiger partial charge in [-0.05, 0) is 127 Å². The highest BCUT2D eigenvalue weighted by Gasteiger charge is 2.25. The number of alkyl carbamates (subject to hydrolysis) is 1. The van der Waals surface area contributed by atoms with Gasteiger partial charge in [-0.1, -0.05) is 60.7 Å². The lowest BCUT2D eigenvalue weighted by molar-refractivity contribution is 0.0526. The number of aromatic nitrogens is 2. The molecule has 7 rings (SSSR count). The second-order valence-corrected chi connectivity index (χ2v) is 17.2. The van der Waals surface area contributed by atoms with E-state index >= 15 is 0 Å². The van der Waals surface area contributed by atoms with Gasteiger partial charge in [-0.15, -0.1) is 9.46 Å². The number of fused-ring (bicyclic) bond motifs is 2. The minimum absolute atomic E-state index is 0.0989. The van der Waals surface area contributed by atoms with E-state index in [4.69, 9.17) is 14.4 Å². The Labute approximate surface area is 396 Å². The molecule has 0 fully saturated rings. The second kappa shape index (κ2) is 27.0. The molecule has 19 nitrogen and oxygen atoms in total. The molecule has 3 aliphatic rings. The third kappa shape index (κ3) is 17.0. The van der Waals surface area contributed by atoms with Gasteiger partial charge in [0.2, 0.25) is 0 Å². The average Bonchev–Trinajstić information content (AvgIpc) is 3.31. The molecule has 0 saturated carbocycles. The minimum Gasteiger partial charge on any atom is -0.444 e. The molecule has 3 aliphatic heterocycles. The number of nitrogens with zero attached hydrogens (tertiary/aromatic N) is 2. The maximum absolute atomic E-state index is 14.2. The summed E-state index contributed by atoms with van der Waals surface area (Å²) >= 11 is 0. The highest BCUT2D eigenvalue weighted by Crippen LogP contribution is 2.10. The van der Waals surface area contributed by atoms with Gasteiger partial charge in [0.05, 0.1) is 0 Å². The number of amides is 5. The minimum atomic E-state index is -0.846. The molecule has 19 heteroatoms. The molecular weight excluding hydrogens is 875 g/mol. The summed E-state index contributed by atoms with van der Waals surface area (Å²) in [5.74, 6) is -2.72. The highest BCUT2D eigenvalue weighted by atomic mass is 16.7. The molecule has 0 spiro atoms. The Kier molecular flexibility index (Phi) is 20.6. The lowest BCUT2D eigenvalue weighted by Crippen LogP contribution is -2.47. The Balaban J connectivity index is 1.43. The summed E-state index contributed by atoms with van der Waals surface area (Å²) in [6.45, 7) is 8.61. The second-order valence-electron chi connectivity index (χ2n) is 17.2. The maximum atomic E-state index is 14.2. The van der Waals surface area contributed by atoms with Crippen LogP contribution in [0.4, 0.5) is 4.79 Å². The molecule has 0 unspecified atom stereocenters. The topological polar surface area (TPSA) is 241 Å². The van der Waals surface area contributed by atoms with Gasteiger partial charge in [-0.3, -0.25) is 28.8 Å². The van der Waals surface area contributed by atoms with Crippen LogP contribution in [0, 0.1) is 0 Å². The van der Waals surface area contributed by atoms with E-state index in [0.717, 1.165) is 35.4 Å². The number of unbranched alkanes of at least 4 members (excludes halogenated alkanes) is 1. The molecule has 5 heterocycles. The van der Waals surface area contributed by atoms with Crippen molar-refractivity contribution in [1.82, 2.24) is 46.7 Å². The van der Waals surface area contributed by atoms with Crippen molar-refractivity contribution < 1.29 is 38.4 Å². The van der Waals surface area contributed by atoms with E-state index in [2.05, 4.69) is 37.2 Å². The summed E-state index contributed by atoms with van der Waals surface area (Å²) in [4.78, 5) is 107. The predicted molar refractivity (Wildman–Crippen MR) is 255 cm³/mol. The molecule has 1 atom stereocenters. The molecular formula is C49H65N9O10. The first-order valence-electron chi connectivity index (χ1n) is 23.2. The van der Waals surface area contributed by atoms with Crippen LogP contribution in [0.1, 0.15) is 119 Å². The van der Waals surface area contributed by atoms with Crippen molar-refractivity contribution in [2.24, 2.45) is 0 Å². The number of benzene rings is 2. The summed E-state index contributed by atoms with van der Waals surface area (Å²) < 4.78 is 6.93. The van der Waals surface area contributed by atoms with Gasteiger partial charge in [0.15, 0.2) is 0 Å². The number of hydrogen-bond donors (Lipinski definition) is 7. The number of ether oxygens (including phenoxy) is 1. The standard InChI is InChI=1S/C49H65N9O10/c1-49(2,3)68-48(65)54-29-11-10-20-37-32-55-44(61)40-23-21-38(46(63)57(40)66-33-35-16-6-4-7-17-35)42(59)52-30-14-27-50-25-12-13-26-51-28-15-31-53-43(60)39-22-24-41(45(62)56-37)58(47(39)64)67-34-36-18-8-5-9-19-36/h4-9,16-19,21-24,37,50-51H,10-15,20,25-34H2,1-3H3,(H,52,59)(H,53,60)(H,54,65)(H,55,61)(H,56,62)/t37-/m0/s1. The molecule has 68 heavy (non-hydrogen) atoms. The van der Waals surface area contributed by atoms with Gasteiger partial charge in [-0.2, -0.15) is 0 Å². The van der Waals surface area contributed by atoms with Crippen molar-refractivity contribution in [3.8, 4) is 0 Å². The quantitative estimate of drug-likeness (QED) is 0.108. The molecule has 2 aromatic heterocycles. The van der Waals surface area contributed by atoms with Crippen molar-refractivity contribution in [3.63, 3.8) is 0 Å². The zero-order chi connectivity index (χ0) is 48.7. The molecule has 366 valence electrons. The zero-order valence-electron chi connectivity index (χ0n) is 39.2. The number of carbonyl (C=O) groups excluding carboxylic acids is 5. The van der Waals surface area contributed by atoms with Crippen LogP contribution in [0.15, 0.2) is 94.5 Å². The third-order valence-electron chi connectivity index (χ3n) is 10.5. The van der Waals surface area contributed by atoms with Gasteiger partial charge in [-0.25, -0.2) is 4.79 Å². The summed E-state index contributed by atoms with van der Waals surface area (Å²) in [6, 6.07) is 22.4. The van der Waals surface area contributed by atoms with E-state index in [-0.39, 0.29) is 55.2 Å². The summed E-state index contributed by atoms with van der Waals surface area (Å²) in [5, 5.41) is 20.7. The molecule has 4 aromatic rings. The van der Waals surface area contributed by atoms with Crippen LogP contribution in [-0.4, -0.2) is 103 Å². The first-order valence-corrected chi connectivity index (χ1v) is 23.2. The molecule has 0 saturated heterocycles. The van der Waals surface area contributed by atoms with Crippen LogP contribution in [0.25, 0.3) is 0 Å². The van der Waals surface area contributed by atoms with E-state index in [1.165, 1.54) is 24.3 Å². The van der Waals surface area contributed by atoms with Crippen LogP contribution in [0.5, 0.6) is 0 Å². The predicted octanol–water partition coefficient (Wildman–Crippen LogP) is 2.70. The highest BCUT2D eigenvalue weighted by molar-refractivity contribution is 5.97. The van der Waals surface area contributed by atoms with Crippen LogP contribution < -0.4 is 58.0 Å². The fraction of sp³-hybridized carbons (Fsp3) is 0.449. The SMILES string of the molecule is CC(C)(C)OC(=O)NCCCC[C@H]1CNC(=O)c2ccc(c(=O)n2OCc2ccccc2)C(=O)NCCCNCCCCNCCCNC(=O)c2ccc(n(OCc3ccccc3)c2=O)C(=O)N1. The Morgan fingerprint density at radius 3 is 1.57 bits per heavy atom. The normalized spacial score (nSPS) is 16.4. The van der Waals surface area contributed by atoms with Gasteiger partial charge in [0.1, 0.15) is 41.3 Å². The number of carbonyl (C=O) groups is 5. The molecule has 5 amide bonds. The fourth-order valence-corrected chi connectivity index (χ4v) is 6.99. The molecule has 4 bridgehead atoms. The van der Waals surface area contributed by atoms with E-state index in [0.29, 0.717) is 63.0 Å². The summed E-state index contributed by atoms with van der Waals surface area (Å²) in [7, 11) is 0. The first-order chi connectivity index (χ1) is 32.8. The lowest BCUT2D eigenvalue weighted by atomic mass is 10.1. The van der Waals surface area contributed by atoms with Crippen molar-refractivity contribution >= 4 is 29.7 Å². The smallest absolute Gasteiger partial charge is 0.407 e. The number of pyridine rings is 2. The van der Waals surface area contributed by atoms with Gasteiger partial charge in [0.25, 0.3) is 34.7 Å². The van der Waals surface area contributed by atoms with Crippen molar-refractivity contribution in [3.05, 3.63) is 139 Å². The van der Waals surface area contributed by atoms with E-state index in [1.807, 2.05) is 12.1 Å². The lowest BCUT2D eigenvalue weighted by Gasteiger charge is -2.22. The Bertz CT molecular complexity index is 2400. The van der Waals surface area contributed by atoms with E-state index in [9.17, 15) is 33.6 Å². The number of rotatable bonds is 11. The maximum Gasteiger partial charge on any atom is 0.407 e. The Hall–Kier alpha value is -6.99. The molecule has 0 radical (unpaired) electrons. The number of nitrogens with one attached hydrogen (secondary N) is 7. The Morgan fingerprint density at radius 2 is 1.07 bits per heavy atom. The van der Waals surface area contributed by atoms with Crippen molar-refractivity contribution in [2.45, 2.75) is 90.6 Å². The zero-order valence-corrected chi connectivity index (χ0v) is 39.2. The number of hydrogen-bond acceptors (Lipinski definition) is 12. The largest absolute Gasteiger partial charge is 0.444 e. The van der Waals surface area contributed by atoms with Crippen LogP contribution >= 0.6 is 0 Å². The van der Waals surface area contributed by atoms with E-state index in [1.54, 1.807) is 69.3 Å².